The summed E-state index contributed by atoms with van der Waals surface area (Å²) < 4.78 is 13.1. The van der Waals surface area contributed by atoms with Gasteiger partial charge in [-0.25, -0.2) is 9.37 Å². The Morgan fingerprint density at radius 1 is 1.31 bits per heavy atom. The van der Waals surface area contributed by atoms with Gasteiger partial charge in [0.05, 0.1) is 17.1 Å². The lowest BCUT2D eigenvalue weighted by atomic mass is 9.75. The highest BCUT2D eigenvalue weighted by Crippen LogP contribution is 2.30. The summed E-state index contributed by atoms with van der Waals surface area (Å²) in [5.74, 6) is -0.0315. The summed E-state index contributed by atoms with van der Waals surface area (Å²) in [7, 11) is 0. The second-order valence-corrected chi connectivity index (χ2v) is 6.71. The van der Waals surface area contributed by atoms with Crippen molar-refractivity contribution < 1.29 is 14.3 Å². The topological polar surface area (TPSA) is 104 Å². The van der Waals surface area contributed by atoms with Crippen LogP contribution in [0.3, 0.4) is 0 Å². The number of aliphatic hydroxyl groups excluding tert-OH is 1. The molecule has 1 aromatic heterocycles. The lowest BCUT2D eigenvalue weighted by Gasteiger charge is -2.38. The molecule has 0 saturated heterocycles. The minimum Gasteiger partial charge on any atom is -0.393 e. The summed E-state index contributed by atoms with van der Waals surface area (Å²) >= 11 is 0. The molecule has 4 rings (SSSR count). The van der Waals surface area contributed by atoms with Gasteiger partial charge in [-0.05, 0) is 48.9 Å². The Labute approximate surface area is 149 Å². The number of rotatable bonds is 4. The molecule has 1 heterocycles. The molecule has 3 atom stereocenters. The third-order valence-corrected chi connectivity index (χ3v) is 4.86. The van der Waals surface area contributed by atoms with Crippen LogP contribution < -0.4 is 11.1 Å². The number of aromatic nitrogens is 2. The van der Waals surface area contributed by atoms with Gasteiger partial charge < -0.3 is 21.1 Å². The molecule has 3 aromatic rings. The number of carbonyl (C=O) groups excluding carboxylic acids is 1. The number of H-pyrrole nitrogens is 1. The second kappa shape index (κ2) is 6.51. The molecular weight excluding hydrogens is 335 g/mol. The van der Waals surface area contributed by atoms with Crippen molar-refractivity contribution in [3.8, 4) is 11.4 Å². The van der Waals surface area contributed by atoms with E-state index in [1.807, 2.05) is 0 Å². The molecule has 2 aromatic carbocycles. The predicted octanol–water partition coefficient (Wildman–Crippen LogP) is 2.41. The first-order valence-corrected chi connectivity index (χ1v) is 8.49. The molecule has 26 heavy (non-hydrogen) atoms. The lowest BCUT2D eigenvalue weighted by Crippen LogP contribution is -2.52. The highest BCUT2D eigenvalue weighted by molar-refractivity contribution is 5.93. The van der Waals surface area contributed by atoms with Crippen molar-refractivity contribution in [2.75, 3.05) is 5.32 Å². The van der Waals surface area contributed by atoms with Crippen LogP contribution in [0.1, 0.15) is 12.8 Å². The van der Waals surface area contributed by atoms with Crippen molar-refractivity contribution >= 4 is 22.6 Å². The van der Waals surface area contributed by atoms with Gasteiger partial charge in [-0.1, -0.05) is 0 Å². The Balaban J connectivity index is 1.50. The zero-order chi connectivity index (χ0) is 18.3. The Bertz CT molecular complexity index is 946. The van der Waals surface area contributed by atoms with E-state index in [9.17, 15) is 14.3 Å². The van der Waals surface area contributed by atoms with Gasteiger partial charge in [0.15, 0.2) is 0 Å². The van der Waals surface area contributed by atoms with Crippen LogP contribution >= 0.6 is 0 Å². The number of amides is 1. The lowest BCUT2D eigenvalue weighted by molar-refractivity contribution is -0.120. The summed E-state index contributed by atoms with van der Waals surface area (Å²) in [5.41, 5.74) is 8.75. The van der Waals surface area contributed by atoms with Crippen molar-refractivity contribution in [2.24, 2.45) is 11.7 Å². The molecule has 7 heteroatoms. The van der Waals surface area contributed by atoms with Gasteiger partial charge >= 0.3 is 0 Å². The Morgan fingerprint density at radius 3 is 2.77 bits per heavy atom. The number of nitrogens with two attached hydrogens (primary N) is 1. The average Bonchev–Trinajstić information content (AvgIpc) is 3.04. The molecule has 134 valence electrons. The van der Waals surface area contributed by atoms with Crippen LogP contribution in [-0.2, 0) is 4.79 Å². The van der Waals surface area contributed by atoms with E-state index in [1.165, 1.54) is 12.1 Å². The molecule has 6 nitrogen and oxygen atoms in total. The number of fused-ring (bicyclic) bond motifs is 1. The van der Waals surface area contributed by atoms with Crippen LogP contribution in [-0.4, -0.2) is 33.1 Å². The fraction of sp³-hybridized carbons (Fsp3) is 0.263. The molecule has 1 fully saturated rings. The van der Waals surface area contributed by atoms with Crippen LogP contribution in [0.2, 0.25) is 0 Å². The Hall–Kier alpha value is -2.77. The van der Waals surface area contributed by atoms with Gasteiger partial charge in [0, 0.05) is 29.6 Å². The SMILES string of the molecule is NC1CC(O)C1CC(=O)Nc1ccc2nc(-c3ccc(F)cc3)[nH]c2c1. The van der Waals surface area contributed by atoms with Crippen molar-refractivity contribution in [3.05, 3.63) is 48.3 Å². The van der Waals surface area contributed by atoms with Gasteiger partial charge in [0.2, 0.25) is 5.91 Å². The quantitative estimate of drug-likeness (QED) is 0.577. The van der Waals surface area contributed by atoms with Crippen molar-refractivity contribution in [1.29, 1.82) is 0 Å². The highest BCUT2D eigenvalue weighted by atomic mass is 19.1. The number of nitrogens with one attached hydrogen (secondary N) is 2. The van der Waals surface area contributed by atoms with Crippen LogP contribution in [0.25, 0.3) is 22.4 Å². The van der Waals surface area contributed by atoms with Crippen molar-refractivity contribution in [1.82, 2.24) is 9.97 Å². The van der Waals surface area contributed by atoms with Crippen molar-refractivity contribution in [3.63, 3.8) is 0 Å². The number of hydrogen-bond donors (Lipinski definition) is 4. The maximum atomic E-state index is 13.1. The monoisotopic (exact) mass is 354 g/mol. The van der Waals surface area contributed by atoms with Gasteiger partial charge in [-0.3, -0.25) is 4.79 Å². The maximum Gasteiger partial charge on any atom is 0.224 e. The number of nitrogens with zero attached hydrogens (tertiary/aromatic N) is 1. The van der Waals surface area contributed by atoms with Gasteiger partial charge in [-0.2, -0.15) is 0 Å². The number of aromatic amines is 1. The summed E-state index contributed by atoms with van der Waals surface area (Å²) in [4.78, 5) is 19.8. The smallest absolute Gasteiger partial charge is 0.224 e. The van der Waals surface area contributed by atoms with E-state index in [4.69, 9.17) is 5.73 Å². The van der Waals surface area contributed by atoms with Gasteiger partial charge in [0.1, 0.15) is 11.6 Å². The summed E-state index contributed by atoms with van der Waals surface area (Å²) in [5, 5.41) is 12.5. The molecule has 0 radical (unpaired) electrons. The fourth-order valence-corrected chi connectivity index (χ4v) is 3.26. The van der Waals surface area contributed by atoms with E-state index in [-0.39, 0.29) is 30.1 Å². The van der Waals surface area contributed by atoms with E-state index in [1.54, 1.807) is 30.3 Å². The van der Waals surface area contributed by atoms with E-state index < -0.39 is 6.10 Å². The molecule has 1 aliphatic rings. The fourth-order valence-electron chi connectivity index (χ4n) is 3.26. The third-order valence-electron chi connectivity index (χ3n) is 4.86. The molecule has 1 amide bonds. The molecular formula is C19H19FN4O2. The number of hydrogen-bond acceptors (Lipinski definition) is 4. The second-order valence-electron chi connectivity index (χ2n) is 6.71. The number of halogens is 1. The number of benzene rings is 2. The number of aliphatic hydroxyl groups is 1. The van der Waals surface area contributed by atoms with Crippen LogP contribution in [0.5, 0.6) is 0 Å². The Morgan fingerprint density at radius 2 is 2.08 bits per heavy atom. The van der Waals surface area contributed by atoms with Crippen LogP contribution in [0.15, 0.2) is 42.5 Å². The first-order valence-electron chi connectivity index (χ1n) is 8.49. The van der Waals surface area contributed by atoms with Crippen molar-refractivity contribution in [2.45, 2.75) is 25.0 Å². The minimum atomic E-state index is -0.496. The van der Waals surface area contributed by atoms with E-state index in [2.05, 4.69) is 15.3 Å². The maximum absolute atomic E-state index is 13.1. The van der Waals surface area contributed by atoms with E-state index in [0.29, 0.717) is 17.9 Å². The number of imidazole rings is 1. The van der Waals surface area contributed by atoms with E-state index in [0.717, 1.165) is 16.6 Å². The van der Waals surface area contributed by atoms with E-state index >= 15 is 0 Å². The Kier molecular flexibility index (Phi) is 4.18. The zero-order valence-corrected chi connectivity index (χ0v) is 13.9. The van der Waals surface area contributed by atoms with Gasteiger partial charge in [0.25, 0.3) is 0 Å². The van der Waals surface area contributed by atoms with Gasteiger partial charge in [-0.15, -0.1) is 0 Å². The largest absolute Gasteiger partial charge is 0.393 e. The normalized spacial score (nSPS) is 22.2. The molecule has 3 unspecified atom stereocenters. The van der Waals surface area contributed by atoms with Crippen LogP contribution in [0.4, 0.5) is 10.1 Å². The number of carbonyl (C=O) groups is 1. The molecule has 1 aliphatic carbocycles. The average molecular weight is 354 g/mol. The first kappa shape index (κ1) is 16.7. The zero-order valence-electron chi connectivity index (χ0n) is 13.9. The molecule has 0 bridgehead atoms. The van der Waals surface area contributed by atoms with Crippen LogP contribution in [0, 0.1) is 11.7 Å². The molecule has 1 saturated carbocycles. The highest BCUT2D eigenvalue weighted by Gasteiger charge is 2.38. The third kappa shape index (κ3) is 3.18. The minimum absolute atomic E-state index is 0.121. The predicted molar refractivity (Wildman–Crippen MR) is 96.8 cm³/mol. The molecule has 0 aliphatic heterocycles. The summed E-state index contributed by atoms with van der Waals surface area (Å²) in [6.07, 6.45) is 0.248. The molecule has 0 spiro atoms. The standard InChI is InChI=1S/C19H19FN4O2/c20-11-3-1-10(2-4-11)19-23-15-6-5-12(7-16(15)24-19)22-18(26)8-13-14(21)9-17(13)25/h1-7,13-14,17,25H,8-9,21H2,(H,22,26)(H,23,24). The summed E-state index contributed by atoms with van der Waals surface area (Å²) in [6.45, 7) is 0. The summed E-state index contributed by atoms with van der Waals surface area (Å²) in [6, 6.07) is 11.3. The number of anilines is 1. The molecule has 5 N–H and O–H groups in total. The first-order chi connectivity index (χ1) is 12.5.